The van der Waals surface area contributed by atoms with E-state index in [-0.39, 0.29) is 24.6 Å². The monoisotopic (exact) mass is 451 g/mol. The number of carbonyl (C=O) groups excluding carboxylic acids is 1. The molecule has 32 heavy (non-hydrogen) atoms. The van der Waals surface area contributed by atoms with Gasteiger partial charge in [0.2, 0.25) is 5.91 Å². The number of nitrogens with one attached hydrogen (secondary N) is 1. The summed E-state index contributed by atoms with van der Waals surface area (Å²) in [5.74, 6) is 0.845. The Labute approximate surface area is 187 Å². The molecule has 164 valence electrons. The Bertz CT molecular complexity index is 1400. The van der Waals surface area contributed by atoms with Gasteiger partial charge in [-0.15, -0.1) is 11.3 Å². The molecule has 1 N–H and O–H groups in total. The van der Waals surface area contributed by atoms with E-state index in [0.717, 1.165) is 10.1 Å². The summed E-state index contributed by atoms with van der Waals surface area (Å²) in [6.45, 7) is -0.165. The molecule has 0 bridgehead atoms. The summed E-state index contributed by atoms with van der Waals surface area (Å²) in [6.07, 6.45) is 0. The summed E-state index contributed by atoms with van der Waals surface area (Å²) >= 11 is 1.24. The Morgan fingerprint density at radius 2 is 1.69 bits per heavy atom. The normalized spacial score (nSPS) is 10.8. The Kier molecular flexibility index (Phi) is 6.09. The molecule has 0 aliphatic rings. The molecule has 2 aromatic carbocycles. The summed E-state index contributed by atoms with van der Waals surface area (Å²) in [5.41, 5.74) is 0.796. The fourth-order valence-electron chi connectivity index (χ4n) is 3.42. The first-order chi connectivity index (χ1) is 15.5. The van der Waals surface area contributed by atoms with E-state index in [1.54, 1.807) is 68.1 Å². The molecule has 9 heteroatoms. The smallest absolute Gasteiger partial charge is 0.332 e. The first-order valence-electron chi connectivity index (χ1n) is 9.78. The van der Waals surface area contributed by atoms with Gasteiger partial charge >= 0.3 is 5.69 Å². The van der Waals surface area contributed by atoms with E-state index in [2.05, 4.69) is 5.32 Å². The molecule has 8 nitrogen and oxygen atoms in total. The number of anilines is 1. The van der Waals surface area contributed by atoms with Crippen molar-refractivity contribution >= 4 is 33.1 Å². The van der Waals surface area contributed by atoms with Gasteiger partial charge in [0, 0.05) is 11.8 Å². The summed E-state index contributed by atoms with van der Waals surface area (Å²) in [5, 5.41) is 4.50. The minimum absolute atomic E-state index is 0.0697. The van der Waals surface area contributed by atoms with Gasteiger partial charge in [0.05, 0.1) is 26.3 Å². The van der Waals surface area contributed by atoms with E-state index < -0.39 is 5.69 Å². The van der Waals surface area contributed by atoms with Gasteiger partial charge in [0.1, 0.15) is 22.7 Å². The van der Waals surface area contributed by atoms with Crippen molar-refractivity contribution in [3.63, 3.8) is 0 Å². The molecule has 0 saturated heterocycles. The lowest BCUT2D eigenvalue weighted by molar-refractivity contribution is -0.116. The minimum Gasteiger partial charge on any atom is -0.497 e. The molecule has 4 rings (SSSR count). The largest absolute Gasteiger partial charge is 0.497 e. The third kappa shape index (κ3) is 4.28. The van der Waals surface area contributed by atoms with Gasteiger partial charge in [-0.25, -0.2) is 4.79 Å². The van der Waals surface area contributed by atoms with Crippen LogP contribution in [0.1, 0.15) is 5.56 Å². The first-order valence-corrected chi connectivity index (χ1v) is 10.7. The van der Waals surface area contributed by atoms with E-state index in [1.807, 2.05) is 6.07 Å². The van der Waals surface area contributed by atoms with Gasteiger partial charge in [-0.1, -0.05) is 18.2 Å². The Hall–Kier alpha value is -3.85. The van der Waals surface area contributed by atoms with Gasteiger partial charge in [-0.2, -0.15) is 0 Å². The van der Waals surface area contributed by atoms with Gasteiger partial charge in [-0.3, -0.25) is 18.7 Å². The number of aromatic nitrogens is 2. The van der Waals surface area contributed by atoms with Crippen LogP contribution in [0, 0.1) is 0 Å². The van der Waals surface area contributed by atoms with Gasteiger partial charge < -0.3 is 14.8 Å². The quantitative estimate of drug-likeness (QED) is 0.467. The van der Waals surface area contributed by atoms with E-state index in [1.165, 1.54) is 15.9 Å². The number of benzene rings is 2. The van der Waals surface area contributed by atoms with Crippen molar-refractivity contribution in [2.24, 2.45) is 0 Å². The van der Waals surface area contributed by atoms with Crippen LogP contribution in [0.5, 0.6) is 11.5 Å². The predicted molar refractivity (Wildman–Crippen MR) is 124 cm³/mol. The van der Waals surface area contributed by atoms with Crippen LogP contribution >= 0.6 is 11.3 Å². The molecule has 4 aromatic rings. The molecule has 0 atom stereocenters. The van der Waals surface area contributed by atoms with Crippen molar-refractivity contribution in [2.75, 3.05) is 19.5 Å². The van der Waals surface area contributed by atoms with Gasteiger partial charge in [-0.05, 0) is 41.3 Å². The molecule has 2 heterocycles. The predicted octanol–water partition coefficient (Wildman–Crippen LogP) is 2.93. The molecule has 1 amide bonds. The Balaban J connectivity index is 1.69. The lowest BCUT2D eigenvalue weighted by atomic mass is 10.2. The fraction of sp³-hybridized carbons (Fsp3) is 0.174. The number of fused-ring (bicyclic) bond motifs is 1. The van der Waals surface area contributed by atoms with Gasteiger partial charge in [0.25, 0.3) is 5.56 Å². The van der Waals surface area contributed by atoms with Crippen LogP contribution in [-0.2, 0) is 17.9 Å². The standard InChI is InChI=1S/C23H21N3O5S/c1-30-17-7-3-5-15(11-17)13-26-22(28)21-19(9-10-32-21)25(23(26)29)14-20(27)24-16-6-4-8-18(12-16)31-2/h3-12H,13-14H2,1-2H3,(H,24,27). The number of hydrogen-bond donors (Lipinski definition) is 1. The van der Waals surface area contributed by atoms with Crippen LogP contribution in [0.4, 0.5) is 5.69 Å². The number of rotatable bonds is 7. The van der Waals surface area contributed by atoms with Crippen molar-refractivity contribution in [1.29, 1.82) is 0 Å². The van der Waals surface area contributed by atoms with Crippen LogP contribution in [0.2, 0.25) is 0 Å². The van der Waals surface area contributed by atoms with Crippen molar-refractivity contribution in [1.82, 2.24) is 9.13 Å². The number of amides is 1. The minimum atomic E-state index is -0.551. The highest BCUT2D eigenvalue weighted by Crippen LogP contribution is 2.18. The molecule has 0 saturated carbocycles. The summed E-state index contributed by atoms with van der Waals surface area (Å²) in [4.78, 5) is 39.0. The lowest BCUT2D eigenvalue weighted by Crippen LogP contribution is -2.41. The zero-order valence-electron chi connectivity index (χ0n) is 17.5. The Morgan fingerprint density at radius 1 is 0.969 bits per heavy atom. The van der Waals surface area contributed by atoms with Crippen LogP contribution in [0.15, 0.2) is 69.6 Å². The number of nitrogens with zero attached hydrogens (tertiary/aromatic N) is 2. The third-order valence-electron chi connectivity index (χ3n) is 4.97. The van der Waals surface area contributed by atoms with Crippen molar-refractivity contribution in [3.05, 3.63) is 86.4 Å². The highest BCUT2D eigenvalue weighted by atomic mass is 32.1. The zero-order valence-corrected chi connectivity index (χ0v) is 18.3. The van der Waals surface area contributed by atoms with E-state index in [9.17, 15) is 14.4 Å². The van der Waals surface area contributed by atoms with E-state index in [0.29, 0.717) is 27.4 Å². The second-order valence-corrected chi connectivity index (χ2v) is 7.94. The second-order valence-electron chi connectivity index (χ2n) is 7.03. The first kappa shape index (κ1) is 21.4. The van der Waals surface area contributed by atoms with Crippen LogP contribution in [0.25, 0.3) is 10.2 Å². The second kappa shape index (κ2) is 9.11. The number of hydrogen-bond acceptors (Lipinski definition) is 6. The van der Waals surface area contributed by atoms with Crippen LogP contribution < -0.4 is 26.0 Å². The number of carbonyl (C=O) groups is 1. The fourth-order valence-corrected chi connectivity index (χ4v) is 4.27. The average Bonchev–Trinajstić information content (AvgIpc) is 3.30. The molecular formula is C23H21N3O5S. The molecular weight excluding hydrogens is 430 g/mol. The number of methoxy groups -OCH3 is 2. The van der Waals surface area contributed by atoms with Crippen molar-refractivity contribution in [2.45, 2.75) is 13.1 Å². The highest BCUT2D eigenvalue weighted by Gasteiger charge is 2.17. The highest BCUT2D eigenvalue weighted by molar-refractivity contribution is 7.17. The van der Waals surface area contributed by atoms with E-state index >= 15 is 0 Å². The molecule has 0 spiro atoms. The molecule has 2 aromatic heterocycles. The van der Waals surface area contributed by atoms with Crippen molar-refractivity contribution < 1.29 is 14.3 Å². The van der Waals surface area contributed by atoms with Crippen LogP contribution in [0.3, 0.4) is 0 Å². The lowest BCUT2D eigenvalue weighted by Gasteiger charge is -2.13. The summed E-state index contributed by atoms with van der Waals surface area (Å²) in [6, 6.07) is 15.8. The number of thiophene rings is 1. The molecule has 0 fully saturated rings. The molecule has 0 aliphatic heterocycles. The molecule has 0 unspecified atom stereocenters. The maximum absolute atomic E-state index is 13.2. The zero-order chi connectivity index (χ0) is 22.7. The van der Waals surface area contributed by atoms with E-state index in [4.69, 9.17) is 9.47 Å². The Morgan fingerprint density at radius 3 is 2.44 bits per heavy atom. The molecule has 0 radical (unpaired) electrons. The SMILES string of the molecule is COc1cccc(Cn2c(=O)c3sccc3n(CC(=O)Nc3cccc(OC)c3)c2=O)c1. The summed E-state index contributed by atoms with van der Waals surface area (Å²) < 4.78 is 13.3. The maximum Gasteiger partial charge on any atom is 0.332 e. The van der Waals surface area contributed by atoms with Crippen molar-refractivity contribution in [3.8, 4) is 11.5 Å². The van der Waals surface area contributed by atoms with Gasteiger partial charge in [0.15, 0.2) is 0 Å². The maximum atomic E-state index is 13.2. The topological polar surface area (TPSA) is 91.6 Å². The number of ether oxygens (including phenoxy) is 2. The van der Waals surface area contributed by atoms with Crippen LogP contribution in [-0.4, -0.2) is 29.3 Å². The molecule has 0 aliphatic carbocycles. The third-order valence-corrected chi connectivity index (χ3v) is 5.86. The summed E-state index contributed by atoms with van der Waals surface area (Å²) in [7, 11) is 3.09. The average molecular weight is 452 g/mol.